The van der Waals surface area contributed by atoms with E-state index in [2.05, 4.69) is 0 Å². The van der Waals surface area contributed by atoms with Crippen molar-refractivity contribution in [3.05, 3.63) is 10.6 Å². The van der Waals surface area contributed by atoms with Gasteiger partial charge in [-0.15, -0.1) is 0 Å². The number of fused-ring (bicyclic) bond motifs is 1. The zero-order chi connectivity index (χ0) is 14.3. The molecule has 0 bridgehead atoms. The van der Waals surface area contributed by atoms with Crippen molar-refractivity contribution in [1.82, 2.24) is 4.90 Å². The Bertz CT molecular complexity index is 447. The molecule has 0 aromatic carbocycles. The van der Waals surface area contributed by atoms with Gasteiger partial charge in [0, 0.05) is 6.42 Å². The molecule has 2 rings (SSSR count). The second-order valence-electron chi connectivity index (χ2n) is 4.88. The van der Waals surface area contributed by atoms with Gasteiger partial charge in [0.2, 0.25) is 5.91 Å². The first-order valence-electron chi connectivity index (χ1n) is 6.24. The first-order chi connectivity index (χ1) is 8.88. The average Bonchev–Trinajstić information content (AvgIpc) is 2.71. The van der Waals surface area contributed by atoms with E-state index in [4.69, 9.17) is 0 Å². The lowest BCUT2D eigenvalue weighted by Gasteiger charge is -2.43. The van der Waals surface area contributed by atoms with Crippen LogP contribution in [-0.2, 0) is 20.8 Å². The maximum Gasteiger partial charge on any atom is 0.357 e. The smallest absolute Gasteiger partial charge is 0.357 e. The molecule has 0 aliphatic carbocycles. The summed E-state index contributed by atoms with van der Waals surface area (Å²) in [6, 6.07) is -0.251. The molecular formula is C12H17NO5S. The maximum atomic E-state index is 12.0. The van der Waals surface area contributed by atoms with E-state index in [0.717, 1.165) is 0 Å². The van der Waals surface area contributed by atoms with Crippen molar-refractivity contribution in [2.24, 2.45) is 5.92 Å². The molecule has 2 aliphatic rings. The first kappa shape index (κ1) is 14.4. The Morgan fingerprint density at radius 2 is 2.26 bits per heavy atom. The molecule has 2 aliphatic heterocycles. The molecule has 2 heterocycles. The van der Waals surface area contributed by atoms with Gasteiger partial charge in [0.1, 0.15) is 5.75 Å². The number of carbonyl (C=O) groups excluding carboxylic acids is 1. The van der Waals surface area contributed by atoms with Gasteiger partial charge in [0.25, 0.3) is 0 Å². The van der Waals surface area contributed by atoms with Crippen LogP contribution < -0.4 is 0 Å². The zero-order valence-corrected chi connectivity index (χ0v) is 11.6. The minimum Gasteiger partial charge on any atom is -0.612 e. The average molecular weight is 287 g/mol. The van der Waals surface area contributed by atoms with E-state index in [9.17, 15) is 24.4 Å². The third-order valence-corrected chi connectivity index (χ3v) is 5.02. The first-order valence-corrected chi connectivity index (χ1v) is 7.56. The van der Waals surface area contributed by atoms with Gasteiger partial charge < -0.3 is 14.8 Å². The molecule has 4 unspecified atom stereocenters. The van der Waals surface area contributed by atoms with Gasteiger partial charge >= 0.3 is 5.97 Å². The highest BCUT2D eigenvalue weighted by atomic mass is 32.2. The van der Waals surface area contributed by atoms with E-state index >= 15 is 0 Å². The molecule has 2 N–H and O–H groups in total. The largest absolute Gasteiger partial charge is 0.612 e. The Hall–Kier alpha value is -1.05. The SMILES string of the molecule is CC[S+]([O-])C1=C(C(=O)O)N2C(=O)C(CC(C)O)C2C1. The quantitative estimate of drug-likeness (QED) is 0.550. The lowest BCUT2D eigenvalue weighted by atomic mass is 9.83. The number of carboxylic acid groups (broad SMARTS) is 1. The van der Waals surface area contributed by atoms with Crippen LogP contribution in [0.25, 0.3) is 0 Å². The summed E-state index contributed by atoms with van der Waals surface area (Å²) in [4.78, 5) is 24.8. The van der Waals surface area contributed by atoms with Crippen LogP contribution in [0.5, 0.6) is 0 Å². The van der Waals surface area contributed by atoms with E-state index in [1.165, 1.54) is 4.90 Å². The van der Waals surface area contributed by atoms with Crippen LogP contribution in [0.3, 0.4) is 0 Å². The Labute approximate surface area is 114 Å². The van der Waals surface area contributed by atoms with Crippen LogP contribution in [0, 0.1) is 5.92 Å². The number of β-lactam (4-membered cyclic amide) rings is 1. The van der Waals surface area contributed by atoms with Crippen LogP contribution >= 0.6 is 0 Å². The van der Waals surface area contributed by atoms with Crippen LogP contribution in [0.2, 0.25) is 0 Å². The topological polar surface area (TPSA) is 101 Å². The molecule has 6 nitrogen and oxygen atoms in total. The minimum atomic E-state index is -1.35. The number of hydrogen-bond donors (Lipinski definition) is 2. The molecule has 106 valence electrons. The highest BCUT2D eigenvalue weighted by Gasteiger charge is 2.57. The van der Waals surface area contributed by atoms with Gasteiger partial charge in [-0.3, -0.25) is 9.69 Å². The summed E-state index contributed by atoms with van der Waals surface area (Å²) in [7, 11) is 0. The highest BCUT2D eigenvalue weighted by Crippen LogP contribution is 2.45. The fourth-order valence-electron chi connectivity index (χ4n) is 2.76. The van der Waals surface area contributed by atoms with Crippen LogP contribution in [0.1, 0.15) is 26.7 Å². The number of amides is 1. The number of aliphatic hydroxyl groups excluding tert-OH is 1. The van der Waals surface area contributed by atoms with Crippen molar-refractivity contribution in [1.29, 1.82) is 0 Å². The molecule has 19 heavy (non-hydrogen) atoms. The molecule has 0 saturated carbocycles. The summed E-state index contributed by atoms with van der Waals surface area (Å²) in [5.41, 5.74) is -0.114. The number of nitrogens with zero attached hydrogens (tertiary/aromatic N) is 1. The van der Waals surface area contributed by atoms with Gasteiger partial charge in [-0.25, -0.2) is 4.79 Å². The van der Waals surface area contributed by atoms with E-state index in [1.807, 2.05) is 0 Å². The monoisotopic (exact) mass is 287 g/mol. The Morgan fingerprint density at radius 3 is 2.74 bits per heavy atom. The van der Waals surface area contributed by atoms with Gasteiger partial charge in [-0.1, -0.05) is 0 Å². The molecule has 1 amide bonds. The second-order valence-corrected chi connectivity index (χ2v) is 6.64. The predicted molar refractivity (Wildman–Crippen MR) is 68.4 cm³/mol. The van der Waals surface area contributed by atoms with Gasteiger partial charge in [0.05, 0.1) is 18.1 Å². The molecule has 0 aromatic rings. The van der Waals surface area contributed by atoms with E-state index in [-0.39, 0.29) is 23.6 Å². The van der Waals surface area contributed by atoms with Crippen molar-refractivity contribution in [3.8, 4) is 0 Å². The fourth-order valence-corrected chi connectivity index (χ4v) is 3.86. The highest BCUT2D eigenvalue weighted by molar-refractivity contribution is 7.95. The van der Waals surface area contributed by atoms with Crippen molar-refractivity contribution in [2.45, 2.75) is 38.8 Å². The van der Waals surface area contributed by atoms with Crippen LogP contribution in [0.4, 0.5) is 0 Å². The Morgan fingerprint density at radius 1 is 1.63 bits per heavy atom. The van der Waals surface area contributed by atoms with Crippen molar-refractivity contribution in [3.63, 3.8) is 0 Å². The summed E-state index contributed by atoms with van der Waals surface area (Å²) in [6.07, 6.45) is 0.0505. The fraction of sp³-hybridized carbons (Fsp3) is 0.667. The van der Waals surface area contributed by atoms with Crippen molar-refractivity contribution >= 4 is 23.1 Å². The standard InChI is InChI=1S/C12H17NO5S/c1-3-19(18)9-5-8-7(4-6(2)14)11(15)13(8)10(9)12(16)17/h6-8,14H,3-5H2,1-2H3,(H,16,17). The molecule has 1 saturated heterocycles. The molecule has 7 heteroatoms. The third kappa shape index (κ3) is 2.26. The summed E-state index contributed by atoms with van der Waals surface area (Å²) in [5.74, 6) is -1.52. The molecule has 4 atom stereocenters. The van der Waals surface area contributed by atoms with Crippen LogP contribution in [0.15, 0.2) is 10.6 Å². The lowest BCUT2D eigenvalue weighted by molar-refractivity contribution is -0.156. The number of carbonyl (C=O) groups is 2. The molecular weight excluding hydrogens is 270 g/mol. The number of aliphatic hydroxyl groups is 1. The van der Waals surface area contributed by atoms with Gasteiger partial charge in [-0.2, -0.15) is 0 Å². The zero-order valence-electron chi connectivity index (χ0n) is 10.8. The summed E-state index contributed by atoms with van der Waals surface area (Å²) in [5, 5.41) is 18.6. The molecule has 0 spiro atoms. The normalized spacial score (nSPS) is 29.1. The molecule has 0 radical (unpaired) electrons. The maximum absolute atomic E-state index is 12.0. The van der Waals surface area contributed by atoms with Crippen molar-refractivity contribution < 1.29 is 24.4 Å². The summed E-state index contributed by atoms with van der Waals surface area (Å²) >= 11 is -1.35. The number of hydrogen-bond acceptors (Lipinski definition) is 4. The lowest BCUT2D eigenvalue weighted by Crippen LogP contribution is -2.59. The summed E-state index contributed by atoms with van der Waals surface area (Å²) in [6.45, 7) is 3.31. The number of aliphatic carboxylic acids is 1. The van der Waals surface area contributed by atoms with E-state index in [0.29, 0.717) is 23.5 Å². The Kier molecular flexibility index (Phi) is 3.89. The van der Waals surface area contributed by atoms with E-state index < -0.39 is 23.2 Å². The predicted octanol–water partition coefficient (Wildman–Crippen LogP) is 0.0528. The third-order valence-electron chi connectivity index (χ3n) is 3.58. The summed E-state index contributed by atoms with van der Waals surface area (Å²) < 4.78 is 11.9. The van der Waals surface area contributed by atoms with Gasteiger partial charge in [0.15, 0.2) is 10.6 Å². The van der Waals surface area contributed by atoms with Crippen molar-refractivity contribution in [2.75, 3.05) is 5.75 Å². The molecule has 0 aromatic heterocycles. The minimum absolute atomic E-state index is 0.114. The van der Waals surface area contributed by atoms with E-state index in [1.54, 1.807) is 13.8 Å². The number of carboxylic acids is 1. The Balaban J connectivity index is 2.24. The van der Waals surface area contributed by atoms with Gasteiger partial charge in [-0.05, 0) is 31.4 Å². The number of rotatable bonds is 5. The van der Waals surface area contributed by atoms with Crippen LogP contribution in [-0.4, -0.2) is 49.4 Å². The second kappa shape index (κ2) is 5.15. The molecule has 1 fully saturated rings.